The molecule has 0 heterocycles. The Morgan fingerprint density at radius 3 is 1.31 bits per heavy atom. The van der Waals surface area contributed by atoms with Crippen LogP contribution in [0.3, 0.4) is 0 Å². The number of nitrogens with two attached hydrogens (primary N) is 2. The summed E-state index contributed by atoms with van der Waals surface area (Å²) < 4.78 is 9.87. The maximum atomic E-state index is 11.3. The molecule has 6 nitrogen and oxygen atoms in total. The van der Waals surface area contributed by atoms with Gasteiger partial charge in [-0.2, -0.15) is 0 Å². The van der Waals surface area contributed by atoms with E-state index in [1.165, 1.54) is 0 Å². The van der Waals surface area contributed by atoms with Gasteiger partial charge in [-0.25, -0.2) is 0 Å². The lowest BCUT2D eigenvalue weighted by Gasteiger charge is -2.26. The standard InChI is InChI=1S/2C9H17NO2.2ClH/c2*1-2-12-9(11)7-5-3-4-6-8(7)10;;/h2*7-8H,2-6,10H2,1H3;2*1H/t2*7-,8+;;/m10../s1. The fourth-order valence-corrected chi connectivity index (χ4v) is 3.40. The van der Waals surface area contributed by atoms with Gasteiger partial charge in [0, 0.05) is 12.1 Å². The van der Waals surface area contributed by atoms with E-state index in [2.05, 4.69) is 0 Å². The lowest BCUT2D eigenvalue weighted by atomic mass is 9.85. The first-order valence-electron chi connectivity index (χ1n) is 9.35. The minimum absolute atomic E-state index is 0. The first-order chi connectivity index (χ1) is 11.5. The van der Waals surface area contributed by atoms with Gasteiger partial charge in [0.05, 0.1) is 25.0 Å². The molecule has 0 bridgehead atoms. The van der Waals surface area contributed by atoms with Gasteiger partial charge in [-0.3, -0.25) is 9.59 Å². The van der Waals surface area contributed by atoms with Crippen molar-refractivity contribution in [1.29, 1.82) is 0 Å². The number of esters is 2. The Bertz CT molecular complexity index is 363. The second kappa shape index (κ2) is 15.5. The summed E-state index contributed by atoms with van der Waals surface area (Å²) in [5.41, 5.74) is 11.6. The van der Waals surface area contributed by atoms with Gasteiger partial charge in [0.1, 0.15) is 0 Å². The molecule has 0 aliphatic heterocycles. The van der Waals surface area contributed by atoms with Gasteiger partial charge in [-0.15, -0.1) is 24.8 Å². The average molecular weight is 415 g/mol. The highest BCUT2D eigenvalue weighted by atomic mass is 35.5. The first kappa shape index (κ1) is 27.7. The summed E-state index contributed by atoms with van der Waals surface area (Å²) >= 11 is 0. The van der Waals surface area contributed by atoms with Crippen molar-refractivity contribution in [3.63, 3.8) is 0 Å². The number of ether oxygens (including phenoxy) is 2. The molecule has 0 aromatic heterocycles. The normalized spacial score (nSPS) is 27.5. The third-order valence-corrected chi connectivity index (χ3v) is 4.82. The highest BCUT2D eigenvalue weighted by Crippen LogP contribution is 2.24. The summed E-state index contributed by atoms with van der Waals surface area (Å²) in [5.74, 6) is -0.299. The lowest BCUT2D eigenvalue weighted by molar-refractivity contribution is -0.150. The summed E-state index contributed by atoms with van der Waals surface area (Å²) in [7, 11) is 0. The number of rotatable bonds is 4. The summed E-state index contributed by atoms with van der Waals surface area (Å²) in [4.78, 5) is 22.6. The quantitative estimate of drug-likeness (QED) is 0.684. The van der Waals surface area contributed by atoms with Gasteiger partial charge >= 0.3 is 11.9 Å². The molecular weight excluding hydrogens is 379 g/mol. The van der Waals surface area contributed by atoms with Crippen LogP contribution in [-0.4, -0.2) is 37.2 Å². The lowest BCUT2D eigenvalue weighted by Crippen LogP contribution is -2.38. The van der Waals surface area contributed by atoms with E-state index in [-0.39, 0.29) is 60.7 Å². The fourth-order valence-electron chi connectivity index (χ4n) is 3.40. The molecule has 2 saturated carbocycles. The third kappa shape index (κ3) is 9.40. The molecule has 2 fully saturated rings. The molecule has 2 aliphatic carbocycles. The van der Waals surface area contributed by atoms with E-state index >= 15 is 0 Å². The monoisotopic (exact) mass is 414 g/mol. The third-order valence-electron chi connectivity index (χ3n) is 4.82. The molecule has 0 radical (unpaired) electrons. The van der Waals surface area contributed by atoms with E-state index in [4.69, 9.17) is 20.9 Å². The van der Waals surface area contributed by atoms with Gasteiger partial charge in [-0.1, -0.05) is 25.7 Å². The molecule has 156 valence electrons. The predicted octanol–water partition coefficient (Wildman–Crippen LogP) is 2.98. The van der Waals surface area contributed by atoms with Crippen LogP contribution in [0, 0.1) is 11.8 Å². The molecule has 4 atom stereocenters. The van der Waals surface area contributed by atoms with Crippen molar-refractivity contribution in [3.8, 4) is 0 Å². The van der Waals surface area contributed by atoms with Crippen LogP contribution in [0.2, 0.25) is 0 Å². The molecule has 0 amide bonds. The zero-order valence-electron chi connectivity index (χ0n) is 16.0. The van der Waals surface area contributed by atoms with Crippen LogP contribution in [0.4, 0.5) is 0 Å². The van der Waals surface area contributed by atoms with Crippen LogP contribution in [0.15, 0.2) is 0 Å². The molecule has 4 N–H and O–H groups in total. The van der Waals surface area contributed by atoms with Crippen LogP contribution in [0.5, 0.6) is 0 Å². The Hall–Kier alpha value is -0.560. The number of hydrogen-bond donors (Lipinski definition) is 2. The molecule has 2 aliphatic rings. The van der Waals surface area contributed by atoms with E-state index in [9.17, 15) is 9.59 Å². The topological polar surface area (TPSA) is 105 Å². The number of hydrogen-bond acceptors (Lipinski definition) is 6. The molecule has 0 saturated heterocycles. The van der Waals surface area contributed by atoms with Crippen molar-refractivity contribution in [3.05, 3.63) is 0 Å². The minimum Gasteiger partial charge on any atom is -0.466 e. The number of carbonyl (C=O) groups is 2. The Morgan fingerprint density at radius 1 is 0.731 bits per heavy atom. The van der Waals surface area contributed by atoms with Crippen molar-refractivity contribution >= 4 is 36.8 Å². The predicted molar refractivity (Wildman–Crippen MR) is 108 cm³/mol. The smallest absolute Gasteiger partial charge is 0.310 e. The summed E-state index contributed by atoms with van der Waals surface area (Å²) in [5, 5.41) is 0. The molecular formula is C18H36Cl2N2O4. The van der Waals surface area contributed by atoms with Gasteiger partial charge < -0.3 is 20.9 Å². The van der Waals surface area contributed by atoms with Gasteiger partial charge in [0.25, 0.3) is 0 Å². The fraction of sp³-hybridized carbons (Fsp3) is 0.889. The highest BCUT2D eigenvalue weighted by Gasteiger charge is 2.29. The van der Waals surface area contributed by atoms with Gasteiger partial charge in [0.2, 0.25) is 0 Å². The van der Waals surface area contributed by atoms with Crippen molar-refractivity contribution in [2.24, 2.45) is 23.3 Å². The van der Waals surface area contributed by atoms with Crippen LogP contribution in [0.1, 0.15) is 65.2 Å². The van der Waals surface area contributed by atoms with E-state index < -0.39 is 0 Å². The van der Waals surface area contributed by atoms with Crippen molar-refractivity contribution in [2.75, 3.05) is 13.2 Å². The summed E-state index contributed by atoms with van der Waals surface area (Å²) in [6.45, 7) is 4.57. The molecule has 26 heavy (non-hydrogen) atoms. The maximum absolute atomic E-state index is 11.3. The van der Waals surface area contributed by atoms with Crippen LogP contribution in [0.25, 0.3) is 0 Å². The van der Waals surface area contributed by atoms with Crippen LogP contribution in [-0.2, 0) is 19.1 Å². The van der Waals surface area contributed by atoms with Crippen molar-refractivity contribution in [2.45, 2.75) is 77.3 Å². The van der Waals surface area contributed by atoms with Crippen LogP contribution < -0.4 is 11.5 Å². The number of halogens is 2. The minimum atomic E-state index is -0.107. The molecule has 0 aromatic rings. The van der Waals surface area contributed by atoms with Crippen molar-refractivity contribution in [1.82, 2.24) is 0 Å². The zero-order chi connectivity index (χ0) is 17.9. The van der Waals surface area contributed by atoms with Gasteiger partial charge in [0.15, 0.2) is 0 Å². The Balaban J connectivity index is 0. The molecule has 0 aromatic carbocycles. The largest absolute Gasteiger partial charge is 0.466 e. The van der Waals surface area contributed by atoms with E-state index in [0.717, 1.165) is 51.4 Å². The summed E-state index contributed by atoms with van der Waals surface area (Å²) in [6.07, 6.45) is 8.25. The zero-order valence-corrected chi connectivity index (χ0v) is 17.6. The highest BCUT2D eigenvalue weighted by molar-refractivity contribution is 5.85. The molecule has 8 heteroatoms. The van der Waals surface area contributed by atoms with E-state index in [0.29, 0.717) is 13.2 Å². The number of carbonyl (C=O) groups excluding carboxylic acids is 2. The maximum Gasteiger partial charge on any atom is 0.310 e. The van der Waals surface area contributed by atoms with Gasteiger partial charge in [-0.05, 0) is 39.5 Å². The molecule has 2 rings (SSSR count). The Kier molecular flexibility index (Phi) is 16.5. The second-order valence-corrected chi connectivity index (χ2v) is 6.61. The Morgan fingerprint density at radius 2 is 1.04 bits per heavy atom. The van der Waals surface area contributed by atoms with Crippen LogP contribution >= 0.6 is 24.8 Å². The van der Waals surface area contributed by atoms with E-state index in [1.54, 1.807) is 0 Å². The molecule has 0 unspecified atom stereocenters. The second-order valence-electron chi connectivity index (χ2n) is 6.61. The SMILES string of the molecule is CCOC(=O)[C@@H]1CCCC[C@@H]1N.CCOC(=O)[C@H]1CCCC[C@H]1N.Cl.Cl. The summed E-state index contributed by atoms with van der Waals surface area (Å²) in [6, 6.07) is 0.0515. The first-order valence-corrected chi connectivity index (χ1v) is 9.35. The Labute approximate surface area is 169 Å². The van der Waals surface area contributed by atoms with E-state index in [1.807, 2.05) is 13.8 Å². The van der Waals surface area contributed by atoms with Crippen molar-refractivity contribution < 1.29 is 19.1 Å². The average Bonchev–Trinajstić information content (AvgIpc) is 2.56. The molecule has 0 spiro atoms.